The molecule has 38 heavy (non-hydrogen) atoms. The van der Waals surface area contributed by atoms with E-state index in [2.05, 4.69) is 33.9 Å². The number of benzene rings is 2. The van der Waals surface area contributed by atoms with Crippen LogP contribution in [0.5, 0.6) is 0 Å². The summed E-state index contributed by atoms with van der Waals surface area (Å²) >= 11 is 0. The van der Waals surface area contributed by atoms with E-state index in [0.717, 1.165) is 16.7 Å². The summed E-state index contributed by atoms with van der Waals surface area (Å²) in [4.78, 5) is 24.6. The van der Waals surface area contributed by atoms with Crippen LogP contribution < -0.4 is 0 Å². The quantitative estimate of drug-likeness (QED) is 0.206. The zero-order valence-electron chi connectivity index (χ0n) is 23.2. The monoisotopic (exact) mass is 533 g/mol. The van der Waals surface area contributed by atoms with Gasteiger partial charge in [-0.2, -0.15) is 0 Å². The van der Waals surface area contributed by atoms with Crippen molar-refractivity contribution in [2.45, 2.75) is 65.1 Å². The molecule has 2 aromatic carbocycles. The van der Waals surface area contributed by atoms with E-state index in [1.165, 1.54) is 0 Å². The van der Waals surface area contributed by atoms with Crippen LogP contribution in [-0.4, -0.2) is 42.5 Å². The Bertz CT molecular complexity index is 1250. The standard InChI is InChI=1S/C31H39NO5Si/c1-23-11-17-26(18-12-23)29(33)27-10-8-20-32(27)19-7-9-24-13-15-25(16-14-24)21-36-28(30(34)35)22-37-38(5,6)31(2,3)4/h7-18,20,28H,19,21-22H2,1-6H3,(H,34,35)/t28-/m1/s1. The molecule has 1 N–H and O–H groups in total. The molecule has 0 unspecified atom stereocenters. The second kappa shape index (κ2) is 12.5. The van der Waals surface area contributed by atoms with Crippen molar-refractivity contribution in [2.75, 3.05) is 6.61 Å². The molecular formula is C31H39NO5Si. The number of carbonyl (C=O) groups excluding carboxylic acids is 1. The minimum atomic E-state index is -2.06. The Morgan fingerprint density at radius 1 is 1.03 bits per heavy atom. The van der Waals surface area contributed by atoms with E-state index in [4.69, 9.17) is 9.16 Å². The van der Waals surface area contributed by atoms with Gasteiger partial charge in [-0.25, -0.2) is 4.79 Å². The molecule has 0 spiro atoms. The number of hydrogen-bond acceptors (Lipinski definition) is 4. The first-order valence-corrected chi connectivity index (χ1v) is 15.8. The third-order valence-electron chi connectivity index (χ3n) is 7.10. The van der Waals surface area contributed by atoms with Crippen molar-refractivity contribution in [1.29, 1.82) is 0 Å². The summed E-state index contributed by atoms with van der Waals surface area (Å²) < 4.78 is 13.7. The number of ether oxygens (including phenoxy) is 1. The number of aromatic nitrogens is 1. The van der Waals surface area contributed by atoms with E-state index in [-0.39, 0.29) is 24.0 Å². The lowest BCUT2D eigenvalue weighted by molar-refractivity contribution is -0.153. The molecule has 1 aromatic heterocycles. The van der Waals surface area contributed by atoms with Gasteiger partial charge in [0.2, 0.25) is 5.78 Å². The number of carbonyl (C=O) groups is 2. The average Bonchev–Trinajstić information content (AvgIpc) is 3.32. The van der Waals surface area contributed by atoms with E-state index in [9.17, 15) is 14.7 Å². The number of ketones is 1. The van der Waals surface area contributed by atoms with E-state index in [1.54, 1.807) is 0 Å². The minimum absolute atomic E-state index is 0.00105. The number of carboxylic acid groups (broad SMARTS) is 1. The zero-order valence-corrected chi connectivity index (χ0v) is 24.2. The third-order valence-corrected chi connectivity index (χ3v) is 11.6. The van der Waals surface area contributed by atoms with Gasteiger partial charge in [-0.1, -0.05) is 87.0 Å². The summed E-state index contributed by atoms with van der Waals surface area (Å²) in [5, 5.41) is 9.58. The van der Waals surface area contributed by atoms with E-state index < -0.39 is 20.4 Å². The summed E-state index contributed by atoms with van der Waals surface area (Å²) in [6.45, 7) is 13.3. The summed E-state index contributed by atoms with van der Waals surface area (Å²) in [5.74, 6) is -1.02. The summed E-state index contributed by atoms with van der Waals surface area (Å²) in [6.07, 6.45) is 4.90. The fourth-order valence-electron chi connectivity index (χ4n) is 3.55. The molecule has 0 amide bonds. The van der Waals surface area contributed by atoms with Gasteiger partial charge in [0, 0.05) is 18.3 Å². The number of aryl methyl sites for hydroxylation is 1. The Hall–Kier alpha value is -3.26. The molecule has 3 rings (SSSR count). The van der Waals surface area contributed by atoms with Gasteiger partial charge in [0.15, 0.2) is 14.4 Å². The van der Waals surface area contributed by atoms with Gasteiger partial charge in [0.1, 0.15) is 0 Å². The van der Waals surface area contributed by atoms with Crippen LogP contribution in [0.4, 0.5) is 0 Å². The Labute approximate surface area is 227 Å². The molecule has 6 nitrogen and oxygen atoms in total. The summed E-state index contributed by atoms with van der Waals surface area (Å²) in [5.41, 5.74) is 4.33. The van der Waals surface area contributed by atoms with Crippen molar-refractivity contribution in [2.24, 2.45) is 0 Å². The number of nitrogens with zero attached hydrogens (tertiary/aromatic N) is 1. The number of carboxylic acids is 1. The van der Waals surface area contributed by atoms with Crippen molar-refractivity contribution in [3.63, 3.8) is 0 Å². The largest absolute Gasteiger partial charge is 0.479 e. The summed E-state index contributed by atoms with van der Waals surface area (Å²) in [7, 11) is -2.06. The van der Waals surface area contributed by atoms with Gasteiger partial charge in [0.05, 0.1) is 18.9 Å². The van der Waals surface area contributed by atoms with E-state index >= 15 is 0 Å². The van der Waals surface area contributed by atoms with Crippen LogP contribution in [0.15, 0.2) is 72.9 Å². The van der Waals surface area contributed by atoms with Gasteiger partial charge < -0.3 is 18.8 Å². The topological polar surface area (TPSA) is 77.8 Å². The lowest BCUT2D eigenvalue weighted by atomic mass is 10.1. The fourth-order valence-corrected chi connectivity index (χ4v) is 4.55. The van der Waals surface area contributed by atoms with Crippen molar-refractivity contribution < 1.29 is 23.9 Å². The van der Waals surface area contributed by atoms with Crippen LogP contribution in [0.3, 0.4) is 0 Å². The van der Waals surface area contributed by atoms with Crippen LogP contribution in [0.2, 0.25) is 18.1 Å². The average molecular weight is 534 g/mol. The van der Waals surface area contributed by atoms with E-state index in [1.807, 2.05) is 90.5 Å². The normalized spacial score (nSPS) is 13.1. The minimum Gasteiger partial charge on any atom is -0.479 e. The predicted octanol–water partition coefficient (Wildman–Crippen LogP) is 6.73. The van der Waals surface area contributed by atoms with Crippen molar-refractivity contribution in [1.82, 2.24) is 4.57 Å². The molecule has 0 saturated carbocycles. The lowest BCUT2D eigenvalue weighted by Crippen LogP contribution is -2.44. The second-order valence-corrected chi connectivity index (χ2v) is 15.9. The number of rotatable bonds is 12. The number of allylic oxidation sites excluding steroid dienone is 1. The van der Waals surface area contributed by atoms with Gasteiger partial charge in [-0.05, 0) is 48.3 Å². The maximum Gasteiger partial charge on any atom is 0.335 e. The van der Waals surface area contributed by atoms with Crippen LogP contribution >= 0.6 is 0 Å². The van der Waals surface area contributed by atoms with Gasteiger partial charge in [-0.15, -0.1) is 0 Å². The smallest absolute Gasteiger partial charge is 0.335 e. The molecule has 1 atom stereocenters. The summed E-state index contributed by atoms with van der Waals surface area (Å²) in [6, 6.07) is 19.1. The second-order valence-electron chi connectivity index (χ2n) is 11.1. The molecule has 7 heteroatoms. The maximum atomic E-state index is 12.9. The highest BCUT2D eigenvalue weighted by Crippen LogP contribution is 2.36. The highest BCUT2D eigenvalue weighted by atomic mass is 28.4. The zero-order chi connectivity index (χ0) is 27.9. The van der Waals surface area contributed by atoms with E-state index in [0.29, 0.717) is 17.8 Å². The molecule has 1 heterocycles. The van der Waals surface area contributed by atoms with Gasteiger partial charge in [-0.3, -0.25) is 4.79 Å². The Morgan fingerprint density at radius 2 is 1.68 bits per heavy atom. The molecule has 202 valence electrons. The number of hydrogen-bond donors (Lipinski definition) is 1. The lowest BCUT2D eigenvalue weighted by Gasteiger charge is -2.36. The van der Waals surface area contributed by atoms with Crippen LogP contribution in [0.1, 0.15) is 53.5 Å². The van der Waals surface area contributed by atoms with Crippen LogP contribution in [0.25, 0.3) is 6.08 Å². The van der Waals surface area contributed by atoms with Gasteiger partial charge in [0.25, 0.3) is 0 Å². The van der Waals surface area contributed by atoms with Crippen molar-refractivity contribution in [3.8, 4) is 0 Å². The fraction of sp³-hybridized carbons (Fsp3) is 0.355. The Kier molecular flexibility index (Phi) is 9.65. The maximum absolute atomic E-state index is 12.9. The molecule has 0 bridgehead atoms. The molecule has 0 aliphatic rings. The highest BCUT2D eigenvalue weighted by molar-refractivity contribution is 6.74. The third kappa shape index (κ3) is 7.87. The Morgan fingerprint density at radius 3 is 2.29 bits per heavy atom. The first-order chi connectivity index (χ1) is 17.9. The Balaban J connectivity index is 1.54. The molecule has 0 fully saturated rings. The first kappa shape index (κ1) is 29.3. The first-order valence-electron chi connectivity index (χ1n) is 12.9. The van der Waals surface area contributed by atoms with Crippen molar-refractivity contribution in [3.05, 3.63) is 101 Å². The molecular weight excluding hydrogens is 494 g/mol. The molecule has 3 aromatic rings. The SMILES string of the molecule is Cc1ccc(C(=O)c2cccn2CC=Cc2ccc(CO[C@H](CO[Si](C)(C)C(C)(C)C)C(=O)O)cc2)cc1. The van der Waals surface area contributed by atoms with Crippen LogP contribution in [0, 0.1) is 6.92 Å². The molecule has 0 aliphatic heterocycles. The highest BCUT2D eigenvalue weighted by Gasteiger charge is 2.38. The molecule has 0 aliphatic carbocycles. The molecule has 0 radical (unpaired) electrons. The van der Waals surface area contributed by atoms with Gasteiger partial charge >= 0.3 is 5.97 Å². The predicted molar refractivity (Wildman–Crippen MR) is 154 cm³/mol. The van der Waals surface area contributed by atoms with Crippen molar-refractivity contribution >= 4 is 26.1 Å². The van der Waals surface area contributed by atoms with Crippen LogP contribution in [-0.2, 0) is 27.1 Å². The number of aliphatic carboxylic acids is 1. The molecule has 0 saturated heterocycles.